The maximum atomic E-state index is 10.4. The lowest BCUT2D eigenvalue weighted by atomic mass is 10.1. The molecule has 0 aliphatic rings. The fourth-order valence-electron chi connectivity index (χ4n) is 2.32. The maximum absolute atomic E-state index is 10.4. The molecule has 0 bridgehead atoms. The van der Waals surface area contributed by atoms with Gasteiger partial charge in [-0.25, -0.2) is 0 Å². The van der Waals surface area contributed by atoms with Gasteiger partial charge in [-0.1, -0.05) is 12.1 Å². The van der Waals surface area contributed by atoms with E-state index in [-0.39, 0.29) is 0 Å². The van der Waals surface area contributed by atoms with Crippen LogP contribution >= 0.6 is 27.3 Å². The Bertz CT molecular complexity index is 688. The summed E-state index contributed by atoms with van der Waals surface area (Å²) in [5.41, 5.74) is 0.824. The first kappa shape index (κ1) is 19.8. The Morgan fingerprint density at radius 1 is 1.32 bits per heavy atom. The summed E-state index contributed by atoms with van der Waals surface area (Å²) in [5.74, 6) is 1.55. The van der Waals surface area contributed by atoms with E-state index in [4.69, 9.17) is 4.74 Å². The van der Waals surface area contributed by atoms with Crippen LogP contribution in [0.3, 0.4) is 0 Å². The van der Waals surface area contributed by atoms with Crippen molar-refractivity contribution in [1.82, 2.24) is 10.2 Å². The Morgan fingerprint density at radius 3 is 2.60 bits per heavy atom. The minimum Gasteiger partial charge on any atom is -0.497 e. The van der Waals surface area contributed by atoms with Crippen LogP contribution in [0.4, 0.5) is 0 Å². The summed E-state index contributed by atoms with van der Waals surface area (Å²) >= 11 is 5.20. The summed E-state index contributed by atoms with van der Waals surface area (Å²) in [6.45, 7) is 3.87. The van der Waals surface area contributed by atoms with Crippen molar-refractivity contribution in [3.05, 3.63) is 50.6 Å². The molecule has 0 aliphatic heterocycles. The molecule has 1 aromatic carbocycles. The number of guanidine groups is 1. The average molecular weight is 426 g/mol. The molecule has 1 aromatic heterocycles. The SMILES string of the molecule is CCNC(=NCC(O)c1ccc(OC)cc1)N(C)Cc1ccc(Br)s1. The van der Waals surface area contributed by atoms with Gasteiger partial charge in [-0.2, -0.15) is 0 Å². The fraction of sp³-hybridized carbons (Fsp3) is 0.389. The normalized spacial score (nSPS) is 12.8. The van der Waals surface area contributed by atoms with E-state index >= 15 is 0 Å². The molecule has 0 spiro atoms. The number of thiophene rings is 1. The largest absolute Gasteiger partial charge is 0.497 e. The molecule has 136 valence electrons. The van der Waals surface area contributed by atoms with E-state index in [0.717, 1.165) is 34.1 Å². The molecule has 0 saturated heterocycles. The molecule has 7 heteroatoms. The standard InChI is InChI=1S/C18H24BrN3O2S/c1-4-20-18(22(2)12-15-9-10-17(19)25-15)21-11-16(23)13-5-7-14(24-3)8-6-13/h5-10,16,23H,4,11-12H2,1-3H3,(H,20,21). The highest BCUT2D eigenvalue weighted by Crippen LogP contribution is 2.23. The van der Waals surface area contributed by atoms with Gasteiger partial charge < -0.3 is 20.1 Å². The number of nitrogens with zero attached hydrogens (tertiary/aromatic N) is 2. The zero-order chi connectivity index (χ0) is 18.2. The van der Waals surface area contributed by atoms with Gasteiger partial charge in [0.15, 0.2) is 5.96 Å². The monoisotopic (exact) mass is 425 g/mol. The van der Waals surface area contributed by atoms with E-state index in [1.165, 1.54) is 4.88 Å². The van der Waals surface area contributed by atoms with E-state index in [9.17, 15) is 5.11 Å². The third-order valence-electron chi connectivity index (χ3n) is 3.63. The van der Waals surface area contributed by atoms with Crippen molar-refractivity contribution in [1.29, 1.82) is 0 Å². The Kier molecular flexibility index (Phi) is 7.74. The van der Waals surface area contributed by atoms with E-state index in [1.54, 1.807) is 18.4 Å². The molecule has 1 heterocycles. The quantitative estimate of drug-likeness (QED) is 0.524. The van der Waals surface area contributed by atoms with Crippen LogP contribution in [0.15, 0.2) is 45.2 Å². The van der Waals surface area contributed by atoms with E-state index in [2.05, 4.69) is 37.2 Å². The van der Waals surface area contributed by atoms with Gasteiger partial charge >= 0.3 is 0 Å². The third kappa shape index (κ3) is 6.02. The Hall–Kier alpha value is -1.57. The van der Waals surface area contributed by atoms with E-state index in [0.29, 0.717) is 6.54 Å². The highest BCUT2D eigenvalue weighted by molar-refractivity contribution is 9.11. The number of rotatable bonds is 7. The van der Waals surface area contributed by atoms with Gasteiger partial charge in [-0.15, -0.1) is 11.3 Å². The Morgan fingerprint density at radius 2 is 2.04 bits per heavy atom. The summed E-state index contributed by atoms with van der Waals surface area (Å²) in [7, 11) is 3.62. The molecule has 1 atom stereocenters. The van der Waals surface area contributed by atoms with Gasteiger partial charge in [0.1, 0.15) is 5.75 Å². The number of aliphatic imine (C=N–C) groups is 1. The first-order chi connectivity index (χ1) is 12.0. The number of aliphatic hydroxyl groups excluding tert-OH is 1. The number of methoxy groups -OCH3 is 1. The Labute approximate surface area is 161 Å². The molecule has 5 nitrogen and oxygen atoms in total. The molecule has 2 rings (SSSR count). The predicted octanol–water partition coefficient (Wildman–Crippen LogP) is 3.65. The van der Waals surface area contributed by atoms with Crippen molar-refractivity contribution in [3.8, 4) is 5.75 Å². The molecule has 1 unspecified atom stereocenters. The van der Waals surface area contributed by atoms with Gasteiger partial charge in [-0.05, 0) is 52.7 Å². The number of benzene rings is 1. The number of hydrogen-bond donors (Lipinski definition) is 2. The van der Waals surface area contributed by atoms with Gasteiger partial charge in [0.2, 0.25) is 0 Å². The molecule has 25 heavy (non-hydrogen) atoms. The second kappa shape index (κ2) is 9.79. The molecular weight excluding hydrogens is 402 g/mol. The van der Waals surface area contributed by atoms with Crippen LogP contribution in [0, 0.1) is 0 Å². The molecule has 0 aliphatic carbocycles. The van der Waals surface area contributed by atoms with Crippen molar-refractivity contribution in [2.24, 2.45) is 4.99 Å². The minimum atomic E-state index is -0.649. The fourth-order valence-corrected chi connectivity index (χ4v) is 3.86. The van der Waals surface area contributed by atoms with E-state index in [1.807, 2.05) is 44.3 Å². The van der Waals surface area contributed by atoms with Crippen molar-refractivity contribution in [2.45, 2.75) is 19.6 Å². The zero-order valence-corrected chi connectivity index (χ0v) is 17.1. The van der Waals surface area contributed by atoms with Crippen molar-refractivity contribution in [2.75, 3.05) is 27.2 Å². The predicted molar refractivity (Wildman–Crippen MR) is 107 cm³/mol. The number of aliphatic hydroxyl groups is 1. The molecule has 2 aromatic rings. The molecule has 0 radical (unpaired) electrons. The lowest BCUT2D eigenvalue weighted by Gasteiger charge is -2.22. The van der Waals surface area contributed by atoms with Crippen LogP contribution in [-0.4, -0.2) is 43.2 Å². The molecule has 2 N–H and O–H groups in total. The lowest BCUT2D eigenvalue weighted by Crippen LogP contribution is -2.38. The van der Waals surface area contributed by atoms with Crippen LogP contribution in [-0.2, 0) is 6.54 Å². The van der Waals surface area contributed by atoms with Crippen molar-refractivity contribution < 1.29 is 9.84 Å². The topological polar surface area (TPSA) is 57.1 Å². The molecular formula is C18H24BrN3O2S. The minimum absolute atomic E-state index is 0.299. The average Bonchev–Trinajstić information content (AvgIpc) is 3.03. The number of hydrogen-bond acceptors (Lipinski definition) is 4. The second-order valence-electron chi connectivity index (χ2n) is 5.55. The number of halogens is 1. The molecule has 0 fully saturated rings. The number of ether oxygens (including phenoxy) is 1. The zero-order valence-electron chi connectivity index (χ0n) is 14.7. The van der Waals surface area contributed by atoms with Crippen LogP contribution < -0.4 is 10.1 Å². The van der Waals surface area contributed by atoms with Crippen molar-refractivity contribution in [3.63, 3.8) is 0 Å². The van der Waals surface area contributed by atoms with Crippen LogP contribution in [0.2, 0.25) is 0 Å². The van der Waals surface area contributed by atoms with Gasteiger partial charge in [0.25, 0.3) is 0 Å². The maximum Gasteiger partial charge on any atom is 0.194 e. The van der Waals surface area contributed by atoms with Gasteiger partial charge in [-0.3, -0.25) is 4.99 Å². The molecule has 0 amide bonds. The van der Waals surface area contributed by atoms with Gasteiger partial charge in [0, 0.05) is 18.5 Å². The summed E-state index contributed by atoms with van der Waals surface area (Å²) in [5, 5.41) is 13.6. The highest BCUT2D eigenvalue weighted by Gasteiger charge is 2.11. The van der Waals surface area contributed by atoms with E-state index < -0.39 is 6.10 Å². The van der Waals surface area contributed by atoms with Gasteiger partial charge in [0.05, 0.1) is 30.1 Å². The Balaban J connectivity index is 2.01. The smallest absolute Gasteiger partial charge is 0.194 e. The third-order valence-corrected chi connectivity index (χ3v) is 5.24. The first-order valence-corrected chi connectivity index (χ1v) is 9.70. The van der Waals surface area contributed by atoms with Crippen LogP contribution in [0.1, 0.15) is 23.5 Å². The summed E-state index contributed by atoms with van der Waals surface area (Å²) in [4.78, 5) is 7.88. The highest BCUT2D eigenvalue weighted by atomic mass is 79.9. The summed E-state index contributed by atoms with van der Waals surface area (Å²) in [6.07, 6.45) is -0.649. The number of nitrogens with one attached hydrogen (secondary N) is 1. The summed E-state index contributed by atoms with van der Waals surface area (Å²) < 4.78 is 6.26. The lowest BCUT2D eigenvalue weighted by molar-refractivity contribution is 0.186. The van der Waals surface area contributed by atoms with Crippen molar-refractivity contribution >= 4 is 33.2 Å². The first-order valence-electron chi connectivity index (χ1n) is 8.09. The second-order valence-corrected chi connectivity index (χ2v) is 8.09. The van der Waals surface area contributed by atoms with Crippen LogP contribution in [0.5, 0.6) is 5.75 Å². The summed E-state index contributed by atoms with van der Waals surface area (Å²) in [6, 6.07) is 11.5. The van der Waals surface area contributed by atoms with Crippen LogP contribution in [0.25, 0.3) is 0 Å². The molecule has 0 saturated carbocycles.